The first-order valence-electron chi connectivity index (χ1n) is 4.14. The molecule has 0 fully saturated rings. The summed E-state index contributed by atoms with van der Waals surface area (Å²) in [6.45, 7) is 0. The van der Waals surface area contributed by atoms with E-state index in [1.54, 1.807) is 18.2 Å². The van der Waals surface area contributed by atoms with Crippen molar-refractivity contribution in [3.8, 4) is 5.75 Å². The van der Waals surface area contributed by atoms with Crippen molar-refractivity contribution in [3.63, 3.8) is 0 Å². The highest BCUT2D eigenvalue weighted by atomic mass is 35.5. The van der Waals surface area contributed by atoms with Crippen LogP contribution < -0.4 is 11.0 Å². The molecule has 2 N–H and O–H groups in total. The van der Waals surface area contributed by atoms with Gasteiger partial charge in [-0.05, 0) is 12.1 Å². The van der Waals surface area contributed by atoms with Crippen LogP contribution in [0.25, 0.3) is 10.9 Å². The lowest BCUT2D eigenvalue weighted by Crippen LogP contribution is -2.22. The normalized spacial score (nSPS) is 10.5. The molecule has 15 heavy (non-hydrogen) atoms. The van der Waals surface area contributed by atoms with E-state index < -0.39 is 11.0 Å². The molecule has 0 saturated heterocycles. The lowest BCUT2D eigenvalue weighted by atomic mass is 10.2. The summed E-state index contributed by atoms with van der Waals surface area (Å²) in [7, 11) is 0. The number of aromatic amines is 1. The van der Waals surface area contributed by atoms with Crippen LogP contribution in [-0.2, 0) is 0 Å². The number of fused-ring (bicyclic) bond motifs is 1. The van der Waals surface area contributed by atoms with Gasteiger partial charge >= 0.3 is 0 Å². The van der Waals surface area contributed by atoms with Gasteiger partial charge in [-0.15, -0.1) is 0 Å². The van der Waals surface area contributed by atoms with Crippen molar-refractivity contribution in [1.82, 2.24) is 4.98 Å². The molecule has 4 nitrogen and oxygen atoms in total. The second-order valence-electron chi connectivity index (χ2n) is 3.01. The van der Waals surface area contributed by atoms with Crippen molar-refractivity contribution < 1.29 is 5.11 Å². The van der Waals surface area contributed by atoms with Crippen LogP contribution in [-0.4, -0.2) is 10.1 Å². The SMILES string of the molecule is O=c1cc(O)c2c(Cl)cccc2[nH]c1=O. The minimum atomic E-state index is -0.806. The predicted molar refractivity (Wildman–Crippen MR) is 57.5 cm³/mol. The van der Waals surface area contributed by atoms with Crippen molar-refractivity contribution in [1.29, 1.82) is 0 Å². The predicted octanol–water partition coefficient (Wildman–Crippen LogP) is 1.25. The number of hydrogen-bond acceptors (Lipinski definition) is 3. The molecule has 2 rings (SSSR count). The highest BCUT2D eigenvalue weighted by molar-refractivity contribution is 6.35. The lowest BCUT2D eigenvalue weighted by molar-refractivity contribution is 0.481. The van der Waals surface area contributed by atoms with Crippen LogP contribution in [0.2, 0.25) is 5.02 Å². The Balaban J connectivity index is 3.17. The first kappa shape index (κ1) is 9.73. The van der Waals surface area contributed by atoms with E-state index in [2.05, 4.69) is 4.98 Å². The molecule has 0 radical (unpaired) electrons. The van der Waals surface area contributed by atoms with Crippen LogP contribution in [0.4, 0.5) is 0 Å². The fourth-order valence-corrected chi connectivity index (χ4v) is 1.61. The third-order valence-electron chi connectivity index (χ3n) is 2.01. The molecule has 0 saturated carbocycles. The molecule has 0 aliphatic carbocycles. The fraction of sp³-hybridized carbons (Fsp3) is 0. The summed E-state index contributed by atoms with van der Waals surface area (Å²) in [5.74, 6) is -0.307. The van der Waals surface area contributed by atoms with E-state index in [9.17, 15) is 14.7 Å². The van der Waals surface area contributed by atoms with E-state index in [-0.39, 0.29) is 16.2 Å². The molecule has 1 aromatic heterocycles. The Morgan fingerprint density at radius 2 is 2.00 bits per heavy atom. The average Bonchev–Trinajstić information content (AvgIpc) is 2.26. The molecule has 5 heteroatoms. The number of halogens is 1. The smallest absolute Gasteiger partial charge is 0.296 e. The van der Waals surface area contributed by atoms with Crippen LogP contribution in [0.3, 0.4) is 0 Å². The second-order valence-corrected chi connectivity index (χ2v) is 3.42. The molecule has 0 atom stereocenters. The molecule has 0 aliphatic heterocycles. The molecule has 0 aliphatic rings. The number of H-pyrrole nitrogens is 1. The zero-order valence-corrected chi connectivity index (χ0v) is 8.21. The van der Waals surface area contributed by atoms with E-state index in [4.69, 9.17) is 11.6 Å². The van der Waals surface area contributed by atoms with E-state index in [1.165, 1.54) is 0 Å². The van der Waals surface area contributed by atoms with Crippen LogP contribution in [0.5, 0.6) is 5.75 Å². The monoisotopic (exact) mass is 223 g/mol. The Morgan fingerprint density at radius 3 is 2.73 bits per heavy atom. The van der Waals surface area contributed by atoms with Crippen molar-refractivity contribution in [2.24, 2.45) is 0 Å². The van der Waals surface area contributed by atoms with Gasteiger partial charge in [0.25, 0.3) is 5.56 Å². The van der Waals surface area contributed by atoms with Crippen molar-refractivity contribution >= 4 is 22.5 Å². The largest absolute Gasteiger partial charge is 0.507 e. The molecule has 0 amide bonds. The minimum Gasteiger partial charge on any atom is -0.507 e. The van der Waals surface area contributed by atoms with Gasteiger partial charge in [-0.2, -0.15) is 0 Å². The quantitative estimate of drug-likeness (QED) is 0.661. The molecule has 0 bridgehead atoms. The summed E-state index contributed by atoms with van der Waals surface area (Å²) in [6, 6.07) is 5.59. The number of aromatic nitrogens is 1. The van der Waals surface area contributed by atoms with Crippen molar-refractivity contribution in [3.05, 3.63) is 49.9 Å². The van der Waals surface area contributed by atoms with Gasteiger partial charge in [-0.3, -0.25) is 9.59 Å². The van der Waals surface area contributed by atoms with Crippen molar-refractivity contribution in [2.75, 3.05) is 0 Å². The summed E-state index contributed by atoms with van der Waals surface area (Å²) in [5.41, 5.74) is -1.27. The van der Waals surface area contributed by atoms with Crippen LogP contribution in [0.15, 0.2) is 33.9 Å². The van der Waals surface area contributed by atoms with E-state index in [0.717, 1.165) is 6.07 Å². The standard InChI is InChI=1S/C10H6ClNO3/c11-5-2-1-3-6-9(5)7(13)4-8(14)10(15)12-6/h1-4,13H,(H,12,14,15). The molecule has 0 spiro atoms. The van der Waals surface area contributed by atoms with Gasteiger partial charge in [0.1, 0.15) is 5.75 Å². The van der Waals surface area contributed by atoms with Gasteiger partial charge in [-0.1, -0.05) is 17.7 Å². The number of nitrogens with one attached hydrogen (secondary N) is 1. The van der Waals surface area contributed by atoms with Gasteiger partial charge in [0.05, 0.1) is 15.9 Å². The number of benzene rings is 1. The maximum Gasteiger partial charge on any atom is 0.296 e. The summed E-state index contributed by atoms with van der Waals surface area (Å²) in [6.07, 6.45) is 0. The minimum absolute atomic E-state index is 0.262. The van der Waals surface area contributed by atoms with E-state index >= 15 is 0 Å². The average molecular weight is 224 g/mol. The highest BCUT2D eigenvalue weighted by Crippen LogP contribution is 2.27. The molecule has 1 heterocycles. The third-order valence-corrected chi connectivity index (χ3v) is 2.32. The zero-order chi connectivity index (χ0) is 11.0. The number of aromatic hydroxyl groups is 1. The van der Waals surface area contributed by atoms with E-state index in [0.29, 0.717) is 5.52 Å². The first-order chi connectivity index (χ1) is 7.09. The Kier molecular flexibility index (Phi) is 2.21. The summed E-state index contributed by atoms with van der Waals surface area (Å²) >= 11 is 5.84. The third kappa shape index (κ3) is 1.59. The summed E-state index contributed by atoms with van der Waals surface area (Å²) in [4.78, 5) is 24.6. The van der Waals surface area contributed by atoms with Gasteiger partial charge in [0.15, 0.2) is 0 Å². The first-order valence-corrected chi connectivity index (χ1v) is 4.52. The Labute approximate surface area is 88.8 Å². The molecular weight excluding hydrogens is 218 g/mol. The zero-order valence-electron chi connectivity index (χ0n) is 7.45. The number of hydrogen-bond donors (Lipinski definition) is 2. The maximum atomic E-state index is 11.2. The Hall–Kier alpha value is -1.81. The second kappa shape index (κ2) is 3.40. The molecular formula is C10H6ClNO3. The van der Waals surface area contributed by atoms with Crippen LogP contribution >= 0.6 is 11.6 Å². The summed E-state index contributed by atoms with van der Waals surface area (Å²) in [5, 5.41) is 10.1. The Morgan fingerprint density at radius 1 is 1.27 bits per heavy atom. The van der Waals surface area contributed by atoms with Gasteiger partial charge < -0.3 is 10.1 Å². The van der Waals surface area contributed by atoms with Gasteiger partial charge in [-0.25, -0.2) is 0 Å². The molecule has 76 valence electrons. The maximum absolute atomic E-state index is 11.2. The van der Waals surface area contributed by atoms with E-state index in [1.807, 2.05) is 0 Å². The number of rotatable bonds is 0. The highest BCUT2D eigenvalue weighted by Gasteiger charge is 2.05. The lowest BCUT2D eigenvalue weighted by Gasteiger charge is -1.96. The summed E-state index contributed by atoms with van der Waals surface area (Å²) < 4.78 is 0. The fourth-order valence-electron chi connectivity index (χ4n) is 1.33. The molecule has 0 unspecified atom stereocenters. The topological polar surface area (TPSA) is 70.2 Å². The van der Waals surface area contributed by atoms with Gasteiger partial charge in [0, 0.05) is 6.07 Å². The van der Waals surface area contributed by atoms with Crippen molar-refractivity contribution in [2.45, 2.75) is 0 Å². The van der Waals surface area contributed by atoms with Gasteiger partial charge in [0.2, 0.25) is 5.43 Å². The van der Waals surface area contributed by atoms with Crippen LogP contribution in [0, 0.1) is 0 Å². The molecule has 1 aromatic carbocycles. The molecule has 2 aromatic rings. The van der Waals surface area contributed by atoms with Crippen LogP contribution in [0.1, 0.15) is 0 Å². The Bertz CT molecular complexity index is 648.